The number of rotatable bonds is 7. The van der Waals surface area contributed by atoms with Gasteiger partial charge in [-0.05, 0) is 24.8 Å². The molecule has 1 N–H and O–H groups in total. The van der Waals surface area contributed by atoms with Crippen LogP contribution in [0.4, 0.5) is 0 Å². The van der Waals surface area contributed by atoms with Gasteiger partial charge in [0, 0.05) is 12.6 Å². The molecule has 2 nitrogen and oxygen atoms in total. The number of ether oxygens (including phenoxy) is 1. The molecule has 0 saturated carbocycles. The van der Waals surface area contributed by atoms with Crippen molar-refractivity contribution in [3.8, 4) is 0 Å². The zero-order chi connectivity index (χ0) is 11.9. The minimum absolute atomic E-state index is 0.267. The van der Waals surface area contributed by atoms with E-state index >= 15 is 0 Å². The first kappa shape index (κ1) is 14.9. The molecule has 0 aromatic rings. The predicted molar refractivity (Wildman–Crippen MR) is 67.2 cm³/mol. The highest BCUT2D eigenvalue weighted by molar-refractivity contribution is 4.78. The Morgan fingerprint density at radius 2 is 1.80 bits per heavy atom. The normalized spacial score (nSPS) is 16.4. The molecule has 0 fully saturated rings. The first-order valence-electron chi connectivity index (χ1n) is 6.16. The van der Waals surface area contributed by atoms with Gasteiger partial charge in [-0.3, -0.25) is 0 Å². The minimum atomic E-state index is 0.267. The molecule has 0 bridgehead atoms. The minimum Gasteiger partial charge on any atom is -0.380 e. The molecule has 92 valence electrons. The highest BCUT2D eigenvalue weighted by Gasteiger charge is 2.22. The third-order valence-electron chi connectivity index (χ3n) is 2.86. The van der Waals surface area contributed by atoms with Crippen LogP contribution in [0.25, 0.3) is 0 Å². The second kappa shape index (κ2) is 7.24. The molecule has 0 rings (SSSR count). The van der Waals surface area contributed by atoms with Crippen molar-refractivity contribution < 1.29 is 4.74 Å². The van der Waals surface area contributed by atoms with Crippen molar-refractivity contribution >= 4 is 0 Å². The molecule has 0 radical (unpaired) electrons. The fraction of sp³-hybridized carbons (Fsp3) is 1.00. The molecular weight excluding hydrogens is 186 g/mol. The van der Waals surface area contributed by atoms with Crippen molar-refractivity contribution in [2.75, 3.05) is 20.3 Å². The molecule has 0 spiro atoms. The molecule has 2 heteroatoms. The Kier molecular flexibility index (Phi) is 7.20. The van der Waals surface area contributed by atoms with Crippen LogP contribution in [0, 0.1) is 11.3 Å². The Morgan fingerprint density at radius 3 is 2.20 bits per heavy atom. The molecule has 2 unspecified atom stereocenters. The topological polar surface area (TPSA) is 21.3 Å². The van der Waals surface area contributed by atoms with Crippen LogP contribution in [-0.4, -0.2) is 26.3 Å². The zero-order valence-corrected chi connectivity index (χ0v) is 11.4. The lowest BCUT2D eigenvalue weighted by Crippen LogP contribution is -2.42. The average molecular weight is 215 g/mol. The van der Waals surface area contributed by atoms with E-state index in [0.29, 0.717) is 12.0 Å². The molecule has 0 aromatic heterocycles. The summed E-state index contributed by atoms with van der Waals surface area (Å²) < 4.78 is 5.77. The fourth-order valence-electron chi connectivity index (χ4n) is 1.73. The standard InChI is InChI=1S/C13H29NO/c1-7-8-11(2)9-15-10-12(14-6)13(3,4)5/h11-12,14H,7-10H2,1-6H3. The highest BCUT2D eigenvalue weighted by Crippen LogP contribution is 2.19. The lowest BCUT2D eigenvalue weighted by molar-refractivity contribution is 0.0576. The summed E-state index contributed by atoms with van der Waals surface area (Å²) in [6.07, 6.45) is 2.51. The Morgan fingerprint density at radius 1 is 1.20 bits per heavy atom. The Labute approximate surface area is 95.8 Å². The maximum Gasteiger partial charge on any atom is 0.0624 e. The van der Waals surface area contributed by atoms with E-state index in [1.807, 2.05) is 7.05 Å². The fourth-order valence-corrected chi connectivity index (χ4v) is 1.73. The monoisotopic (exact) mass is 215 g/mol. The third-order valence-corrected chi connectivity index (χ3v) is 2.86. The highest BCUT2D eigenvalue weighted by atomic mass is 16.5. The summed E-state index contributed by atoms with van der Waals surface area (Å²) in [6.45, 7) is 12.9. The summed E-state index contributed by atoms with van der Waals surface area (Å²) in [7, 11) is 2.01. The second-order valence-corrected chi connectivity index (χ2v) is 5.64. The number of hydrogen-bond donors (Lipinski definition) is 1. The molecule has 0 amide bonds. The van der Waals surface area contributed by atoms with Crippen LogP contribution in [0.15, 0.2) is 0 Å². The average Bonchev–Trinajstić information content (AvgIpc) is 2.10. The van der Waals surface area contributed by atoms with Gasteiger partial charge in [-0.25, -0.2) is 0 Å². The van der Waals surface area contributed by atoms with Gasteiger partial charge in [0.05, 0.1) is 6.61 Å². The molecule has 2 atom stereocenters. The van der Waals surface area contributed by atoms with E-state index in [2.05, 4.69) is 39.9 Å². The molecule has 0 saturated heterocycles. The molecule has 0 aliphatic rings. The lowest BCUT2D eigenvalue weighted by atomic mass is 9.87. The van der Waals surface area contributed by atoms with Gasteiger partial charge in [0.1, 0.15) is 0 Å². The maximum atomic E-state index is 5.77. The molecule has 0 heterocycles. The summed E-state index contributed by atoms with van der Waals surface area (Å²) in [4.78, 5) is 0. The molecule has 0 aliphatic heterocycles. The Hall–Kier alpha value is -0.0800. The van der Waals surface area contributed by atoms with Gasteiger partial charge in [0.25, 0.3) is 0 Å². The van der Waals surface area contributed by atoms with Gasteiger partial charge in [0.2, 0.25) is 0 Å². The molecular formula is C13H29NO. The van der Waals surface area contributed by atoms with Crippen molar-refractivity contribution in [3.63, 3.8) is 0 Å². The van der Waals surface area contributed by atoms with Crippen LogP contribution in [0.1, 0.15) is 47.5 Å². The van der Waals surface area contributed by atoms with E-state index in [4.69, 9.17) is 4.74 Å². The third kappa shape index (κ3) is 6.91. The lowest BCUT2D eigenvalue weighted by Gasteiger charge is -2.30. The molecule has 0 aromatic carbocycles. The largest absolute Gasteiger partial charge is 0.380 e. The first-order valence-corrected chi connectivity index (χ1v) is 6.16. The number of nitrogens with one attached hydrogen (secondary N) is 1. The quantitative estimate of drug-likeness (QED) is 0.704. The van der Waals surface area contributed by atoms with E-state index in [1.165, 1.54) is 12.8 Å². The van der Waals surface area contributed by atoms with Crippen molar-refractivity contribution in [1.82, 2.24) is 5.32 Å². The van der Waals surface area contributed by atoms with E-state index in [-0.39, 0.29) is 5.41 Å². The Balaban J connectivity index is 3.73. The van der Waals surface area contributed by atoms with Gasteiger partial charge >= 0.3 is 0 Å². The van der Waals surface area contributed by atoms with Crippen LogP contribution in [-0.2, 0) is 4.74 Å². The van der Waals surface area contributed by atoms with E-state index < -0.39 is 0 Å². The van der Waals surface area contributed by atoms with Crippen molar-refractivity contribution in [3.05, 3.63) is 0 Å². The van der Waals surface area contributed by atoms with Gasteiger partial charge in [-0.1, -0.05) is 41.0 Å². The smallest absolute Gasteiger partial charge is 0.0624 e. The van der Waals surface area contributed by atoms with Gasteiger partial charge in [-0.2, -0.15) is 0 Å². The summed E-state index contributed by atoms with van der Waals surface area (Å²) >= 11 is 0. The number of likely N-dealkylation sites (N-methyl/N-ethyl adjacent to an activating group) is 1. The number of hydrogen-bond acceptors (Lipinski definition) is 2. The van der Waals surface area contributed by atoms with Crippen molar-refractivity contribution in [2.24, 2.45) is 11.3 Å². The van der Waals surface area contributed by atoms with Crippen molar-refractivity contribution in [1.29, 1.82) is 0 Å². The van der Waals surface area contributed by atoms with Gasteiger partial charge in [-0.15, -0.1) is 0 Å². The van der Waals surface area contributed by atoms with E-state index in [0.717, 1.165) is 13.2 Å². The van der Waals surface area contributed by atoms with E-state index in [9.17, 15) is 0 Å². The first-order chi connectivity index (χ1) is 6.91. The maximum absolute atomic E-state index is 5.77. The summed E-state index contributed by atoms with van der Waals surface area (Å²) in [6, 6.07) is 0.436. The summed E-state index contributed by atoms with van der Waals surface area (Å²) in [5, 5.41) is 3.32. The van der Waals surface area contributed by atoms with Crippen LogP contribution in [0.5, 0.6) is 0 Å². The van der Waals surface area contributed by atoms with Gasteiger partial charge < -0.3 is 10.1 Å². The predicted octanol–water partition coefficient (Wildman–Crippen LogP) is 3.07. The zero-order valence-electron chi connectivity index (χ0n) is 11.4. The summed E-state index contributed by atoms with van der Waals surface area (Å²) in [5.74, 6) is 0.687. The molecule has 0 aliphatic carbocycles. The van der Waals surface area contributed by atoms with Crippen LogP contribution in [0.3, 0.4) is 0 Å². The summed E-state index contributed by atoms with van der Waals surface area (Å²) in [5.41, 5.74) is 0.267. The Bertz CT molecular complexity index is 151. The SMILES string of the molecule is CCCC(C)COCC(NC)C(C)(C)C. The van der Waals surface area contributed by atoms with Crippen molar-refractivity contribution in [2.45, 2.75) is 53.5 Å². The van der Waals surface area contributed by atoms with Crippen LogP contribution >= 0.6 is 0 Å². The van der Waals surface area contributed by atoms with Crippen LogP contribution < -0.4 is 5.32 Å². The second-order valence-electron chi connectivity index (χ2n) is 5.64. The van der Waals surface area contributed by atoms with Gasteiger partial charge in [0.15, 0.2) is 0 Å². The van der Waals surface area contributed by atoms with E-state index in [1.54, 1.807) is 0 Å². The molecule has 15 heavy (non-hydrogen) atoms. The van der Waals surface area contributed by atoms with Crippen LogP contribution in [0.2, 0.25) is 0 Å².